The summed E-state index contributed by atoms with van der Waals surface area (Å²) in [5.74, 6) is 0.0925. The van der Waals surface area contributed by atoms with Crippen LogP contribution in [-0.2, 0) is 25.2 Å². The molecule has 1 aromatic carbocycles. The van der Waals surface area contributed by atoms with Crippen LogP contribution in [-0.4, -0.2) is 97.1 Å². The van der Waals surface area contributed by atoms with E-state index in [4.69, 9.17) is 25.0 Å². The molecule has 2 unspecified atom stereocenters. The van der Waals surface area contributed by atoms with Crippen LogP contribution in [0.15, 0.2) is 36.9 Å². The highest BCUT2D eigenvalue weighted by atomic mass is 31.2. The van der Waals surface area contributed by atoms with Crippen LogP contribution in [0.3, 0.4) is 0 Å². The van der Waals surface area contributed by atoms with E-state index in [9.17, 15) is 39.0 Å². The molecule has 10 N–H and O–H groups in total. The summed E-state index contributed by atoms with van der Waals surface area (Å²) in [6.45, 7) is -0.392. The number of aromatic nitrogens is 4. The van der Waals surface area contributed by atoms with Crippen molar-refractivity contribution < 1.29 is 58.3 Å². The Kier molecular flexibility index (Phi) is 10.2. The van der Waals surface area contributed by atoms with Crippen molar-refractivity contribution in [2.24, 2.45) is 0 Å². The molecule has 43 heavy (non-hydrogen) atoms. The number of alkyl carbamates (subject to hydrolysis) is 1. The fraction of sp³-hybridized carbons (Fsp3) is 0.478. The summed E-state index contributed by atoms with van der Waals surface area (Å²) in [6.07, 6.45) is -5.97. The van der Waals surface area contributed by atoms with Crippen molar-refractivity contribution in [2.45, 2.75) is 62.2 Å². The zero-order valence-corrected chi connectivity index (χ0v) is 24.2. The molecule has 236 valence electrons. The minimum atomic E-state index is -4.67. The molecule has 2 aromatic heterocycles. The van der Waals surface area contributed by atoms with Crippen molar-refractivity contribution in [2.75, 3.05) is 12.3 Å². The van der Waals surface area contributed by atoms with E-state index in [1.54, 1.807) is 0 Å². The maximum absolute atomic E-state index is 12.1. The number of hydrogen-bond acceptors (Lipinski definition) is 12. The Labute approximate surface area is 243 Å². The Morgan fingerprint density at radius 3 is 2.40 bits per heavy atom. The number of hydrogen-bond donors (Lipinski definition) is 9. The zero-order chi connectivity index (χ0) is 31.5. The van der Waals surface area contributed by atoms with E-state index in [2.05, 4.69) is 20.3 Å². The fourth-order valence-electron chi connectivity index (χ4n) is 4.62. The first-order chi connectivity index (χ1) is 20.2. The number of nitrogens with one attached hydrogen (secondary N) is 1. The summed E-state index contributed by atoms with van der Waals surface area (Å²) in [4.78, 5) is 61.9. The Morgan fingerprint density at radius 1 is 1.05 bits per heavy atom. The number of carbonyl (C=O) groups is 1. The molecule has 3 aromatic rings. The number of amides is 1. The third kappa shape index (κ3) is 7.93. The van der Waals surface area contributed by atoms with Crippen molar-refractivity contribution in [3.8, 4) is 0 Å². The molecule has 20 heteroatoms. The zero-order valence-electron chi connectivity index (χ0n) is 22.4. The second-order valence-corrected chi connectivity index (χ2v) is 13.5. The van der Waals surface area contributed by atoms with E-state index in [1.807, 2.05) is 0 Å². The first-order valence-electron chi connectivity index (χ1n) is 12.9. The number of nitrogens with two attached hydrogens (primary N) is 1. The topological polar surface area (TPSA) is 293 Å². The van der Waals surface area contributed by atoms with Gasteiger partial charge in [0, 0.05) is 6.54 Å². The third-order valence-electron chi connectivity index (χ3n) is 6.98. The summed E-state index contributed by atoms with van der Waals surface area (Å²) in [7, 11) is -9.08. The lowest BCUT2D eigenvalue weighted by Gasteiger charge is -2.24. The molecule has 0 radical (unpaired) electrons. The molecule has 6 atom stereocenters. The average Bonchev–Trinajstić information content (AvgIpc) is 3.49. The van der Waals surface area contributed by atoms with Gasteiger partial charge in [-0.05, 0) is 37.0 Å². The number of imidazole rings is 1. The predicted molar refractivity (Wildman–Crippen MR) is 148 cm³/mol. The SMILES string of the molecule is Nc1ncnc2c1ncn2[C@@H]1O[C@H](C(O)CCC(CCNC(=O)OCc2ccc(P(=O)(O)O)cc2)P(=O)(O)O)[C@@H](O)[C@H]1O. The van der Waals surface area contributed by atoms with Gasteiger partial charge in [0.1, 0.15) is 36.8 Å². The average molecular weight is 646 g/mol. The van der Waals surface area contributed by atoms with Crippen LogP contribution in [0, 0.1) is 0 Å². The molecule has 0 spiro atoms. The second kappa shape index (κ2) is 13.3. The largest absolute Gasteiger partial charge is 0.445 e. The maximum Gasteiger partial charge on any atom is 0.407 e. The van der Waals surface area contributed by atoms with Crippen LogP contribution in [0.4, 0.5) is 10.6 Å². The van der Waals surface area contributed by atoms with Gasteiger partial charge in [-0.25, -0.2) is 19.7 Å². The highest BCUT2D eigenvalue weighted by molar-refractivity contribution is 7.60. The van der Waals surface area contributed by atoms with Crippen LogP contribution in [0.1, 0.15) is 31.1 Å². The Bertz CT molecular complexity index is 1510. The second-order valence-electron chi connectivity index (χ2n) is 9.95. The third-order valence-corrected chi connectivity index (χ3v) is 9.42. The molecular weight excluding hydrogens is 614 g/mol. The number of aliphatic hydroxyl groups is 3. The minimum absolute atomic E-state index is 0.0925. The molecule has 1 fully saturated rings. The number of nitrogen functional groups attached to an aromatic ring is 1. The van der Waals surface area contributed by atoms with Crippen molar-refractivity contribution in [1.82, 2.24) is 24.8 Å². The van der Waals surface area contributed by atoms with Gasteiger partial charge in [-0.2, -0.15) is 0 Å². The lowest BCUT2D eigenvalue weighted by molar-refractivity contribution is -0.0858. The fourth-order valence-corrected chi connectivity index (χ4v) is 6.11. The number of carbonyl (C=O) groups excluding carboxylic acids is 1. The molecule has 4 rings (SSSR count). The van der Waals surface area contributed by atoms with Crippen molar-refractivity contribution in [1.29, 1.82) is 0 Å². The monoisotopic (exact) mass is 646 g/mol. The van der Waals surface area contributed by atoms with Crippen molar-refractivity contribution >= 4 is 43.6 Å². The van der Waals surface area contributed by atoms with Crippen LogP contribution in [0.5, 0.6) is 0 Å². The Hall–Kier alpha value is -3.02. The molecule has 3 heterocycles. The summed E-state index contributed by atoms with van der Waals surface area (Å²) >= 11 is 0. The predicted octanol–water partition coefficient (Wildman–Crippen LogP) is -1.17. The van der Waals surface area contributed by atoms with Gasteiger partial charge in [-0.15, -0.1) is 0 Å². The summed E-state index contributed by atoms with van der Waals surface area (Å²) in [5, 5.41) is 34.1. The van der Waals surface area contributed by atoms with Gasteiger partial charge >= 0.3 is 21.3 Å². The van der Waals surface area contributed by atoms with Gasteiger partial charge in [0.05, 0.1) is 23.4 Å². The van der Waals surface area contributed by atoms with Crippen molar-refractivity contribution in [3.63, 3.8) is 0 Å². The van der Waals surface area contributed by atoms with Gasteiger partial charge in [-0.1, -0.05) is 12.1 Å². The van der Waals surface area contributed by atoms with E-state index < -0.39 is 57.6 Å². The summed E-state index contributed by atoms with van der Waals surface area (Å²) in [5.41, 5.74) is 5.44. The highest BCUT2D eigenvalue weighted by Gasteiger charge is 2.47. The van der Waals surface area contributed by atoms with Crippen LogP contribution < -0.4 is 16.4 Å². The summed E-state index contributed by atoms with van der Waals surface area (Å²) < 4.78 is 35.4. The van der Waals surface area contributed by atoms with Crippen molar-refractivity contribution in [3.05, 3.63) is 42.5 Å². The molecule has 0 saturated carbocycles. The lowest BCUT2D eigenvalue weighted by Crippen LogP contribution is -2.39. The molecule has 1 amide bonds. The normalized spacial score (nSPS) is 22.4. The molecule has 1 saturated heterocycles. The van der Waals surface area contributed by atoms with Gasteiger partial charge in [-0.3, -0.25) is 13.7 Å². The molecule has 0 aliphatic carbocycles. The number of benzene rings is 1. The summed E-state index contributed by atoms with van der Waals surface area (Å²) in [6, 6.07) is 5.17. The van der Waals surface area contributed by atoms with Crippen LogP contribution >= 0.6 is 15.2 Å². The van der Waals surface area contributed by atoms with E-state index in [1.165, 1.54) is 41.5 Å². The maximum atomic E-state index is 12.1. The smallest absolute Gasteiger partial charge is 0.407 e. The van der Waals surface area contributed by atoms with Gasteiger partial charge < -0.3 is 55.4 Å². The van der Waals surface area contributed by atoms with Gasteiger partial charge in [0.2, 0.25) is 0 Å². The van der Waals surface area contributed by atoms with Crippen LogP contribution in [0.25, 0.3) is 11.2 Å². The van der Waals surface area contributed by atoms with E-state index in [0.29, 0.717) is 5.56 Å². The molecule has 18 nitrogen and oxygen atoms in total. The van der Waals surface area contributed by atoms with Gasteiger partial charge in [0.25, 0.3) is 0 Å². The lowest BCUT2D eigenvalue weighted by atomic mass is 10.0. The Morgan fingerprint density at radius 2 is 1.74 bits per heavy atom. The quantitative estimate of drug-likeness (QED) is 0.105. The molecular formula is C23H32N6O12P2. The standard InChI is InChI=1S/C23H32N6O12P2/c24-20-16-21(27-10-26-20)29(11-28-16)22-18(32)17(31)19(41-22)15(30)6-5-14(43(37,38)39)7-8-25-23(33)40-9-12-1-3-13(4-2-12)42(34,35)36/h1-4,10-11,14-15,17-19,22,30-32H,5-9H2,(H,25,33)(H2,24,26,27)(H2,34,35,36)(H2,37,38,39)/t14?,15?,17-,18+,19+,22+/m0/s1. The Balaban J connectivity index is 1.27. The van der Waals surface area contributed by atoms with E-state index in [0.717, 1.165) is 0 Å². The van der Waals surface area contributed by atoms with Gasteiger partial charge in [0.15, 0.2) is 17.7 Å². The highest BCUT2D eigenvalue weighted by Crippen LogP contribution is 2.45. The molecule has 0 bridgehead atoms. The number of ether oxygens (including phenoxy) is 2. The van der Waals surface area contributed by atoms with E-state index >= 15 is 0 Å². The first kappa shape index (κ1) is 32.9. The van der Waals surface area contributed by atoms with E-state index in [-0.39, 0.29) is 54.7 Å². The van der Waals surface area contributed by atoms with Crippen LogP contribution in [0.2, 0.25) is 0 Å². The molecule has 1 aliphatic heterocycles. The number of fused-ring (bicyclic) bond motifs is 1. The first-order valence-corrected chi connectivity index (χ1v) is 16.2. The number of anilines is 1. The molecule has 1 aliphatic rings. The number of aliphatic hydroxyl groups excluding tert-OH is 3. The number of rotatable bonds is 12. The number of nitrogens with zero attached hydrogens (tertiary/aromatic N) is 4. The minimum Gasteiger partial charge on any atom is -0.445 e.